The predicted octanol–water partition coefficient (Wildman–Crippen LogP) is 4.84. The molecule has 1 saturated carbocycles. The summed E-state index contributed by atoms with van der Waals surface area (Å²) in [7, 11) is 0. The highest BCUT2D eigenvalue weighted by molar-refractivity contribution is 5.88. The van der Waals surface area contributed by atoms with Crippen LogP contribution in [0.2, 0.25) is 0 Å². The van der Waals surface area contributed by atoms with Crippen LogP contribution in [0.25, 0.3) is 10.8 Å². The first kappa shape index (κ1) is 22.9. The molecular formula is C27H29NO5. The van der Waals surface area contributed by atoms with Gasteiger partial charge >= 0.3 is 0 Å². The fraction of sp³-hybridized carbons (Fsp3) is 0.370. The quantitative estimate of drug-likeness (QED) is 0.273. The average molecular weight is 448 g/mol. The summed E-state index contributed by atoms with van der Waals surface area (Å²) in [5.74, 6) is -0.194. The van der Waals surface area contributed by atoms with E-state index >= 15 is 0 Å². The van der Waals surface area contributed by atoms with E-state index < -0.39 is 28.9 Å². The van der Waals surface area contributed by atoms with Crippen LogP contribution in [0.5, 0.6) is 5.75 Å². The number of aliphatic hydroxyl groups excluding tert-OH is 1. The summed E-state index contributed by atoms with van der Waals surface area (Å²) in [5.41, 5.74) is 1.20. The minimum Gasteiger partial charge on any atom is -0.490 e. The van der Waals surface area contributed by atoms with E-state index in [1.165, 1.54) is 5.56 Å². The number of nitro groups is 1. The Balaban J connectivity index is 1.53. The molecule has 0 radical (unpaired) electrons. The summed E-state index contributed by atoms with van der Waals surface area (Å²) in [4.78, 5) is 22.7. The summed E-state index contributed by atoms with van der Waals surface area (Å²) >= 11 is 0. The summed E-state index contributed by atoms with van der Waals surface area (Å²) in [5, 5.41) is 23.9. The molecule has 33 heavy (non-hydrogen) atoms. The molecule has 4 rings (SSSR count). The first-order chi connectivity index (χ1) is 16.1. The van der Waals surface area contributed by atoms with E-state index in [-0.39, 0.29) is 12.5 Å². The number of aryl methyl sites for hydroxylation is 1. The third kappa shape index (κ3) is 5.40. The first-order valence-electron chi connectivity index (χ1n) is 11.5. The molecule has 0 heterocycles. The Labute approximate surface area is 193 Å². The largest absolute Gasteiger partial charge is 0.490 e. The number of ether oxygens (including phenoxy) is 1. The Morgan fingerprint density at radius 1 is 1.03 bits per heavy atom. The van der Waals surface area contributed by atoms with Crippen molar-refractivity contribution in [2.24, 2.45) is 11.8 Å². The summed E-state index contributed by atoms with van der Waals surface area (Å²) in [6, 6.07) is 23.0. The molecule has 6 nitrogen and oxygen atoms in total. The van der Waals surface area contributed by atoms with Crippen LogP contribution < -0.4 is 4.74 Å². The monoisotopic (exact) mass is 447 g/mol. The Bertz CT molecular complexity index is 1080. The molecule has 3 aromatic carbocycles. The molecule has 1 aliphatic rings. The molecular weight excluding hydrogens is 418 g/mol. The fourth-order valence-corrected chi connectivity index (χ4v) is 5.06. The number of fused-ring (bicyclic) bond motifs is 1. The topological polar surface area (TPSA) is 89.7 Å². The Hall–Kier alpha value is -3.25. The second kappa shape index (κ2) is 10.6. The molecule has 6 heteroatoms. The number of aliphatic hydroxyl groups is 1. The zero-order chi connectivity index (χ0) is 23.2. The van der Waals surface area contributed by atoms with Crippen molar-refractivity contribution in [2.75, 3.05) is 0 Å². The normalized spacial score (nSPS) is 23.3. The van der Waals surface area contributed by atoms with Crippen molar-refractivity contribution in [3.63, 3.8) is 0 Å². The van der Waals surface area contributed by atoms with Crippen molar-refractivity contribution in [1.29, 1.82) is 0 Å². The SMILES string of the molecule is O=C[C@@H]1CC(O)C([N+](=O)[O-])[C@@H]1CC[C@H](CCc1ccccc1)Oc1cccc2ccccc12. The van der Waals surface area contributed by atoms with Crippen molar-refractivity contribution >= 4 is 17.1 Å². The van der Waals surface area contributed by atoms with Gasteiger partial charge in [-0.3, -0.25) is 10.1 Å². The molecule has 5 atom stereocenters. The lowest BCUT2D eigenvalue weighted by atomic mass is 9.88. The van der Waals surface area contributed by atoms with Gasteiger partial charge in [0.25, 0.3) is 0 Å². The van der Waals surface area contributed by atoms with Crippen molar-refractivity contribution in [1.82, 2.24) is 0 Å². The minimum atomic E-state index is -1.10. The van der Waals surface area contributed by atoms with Crippen LogP contribution in [0.1, 0.15) is 31.2 Å². The lowest BCUT2D eigenvalue weighted by molar-refractivity contribution is -0.539. The zero-order valence-electron chi connectivity index (χ0n) is 18.5. The Morgan fingerprint density at radius 2 is 1.76 bits per heavy atom. The van der Waals surface area contributed by atoms with E-state index in [1.54, 1.807) is 0 Å². The third-order valence-electron chi connectivity index (χ3n) is 6.78. The second-order valence-corrected chi connectivity index (χ2v) is 8.86. The molecule has 0 spiro atoms. The highest BCUT2D eigenvalue weighted by Crippen LogP contribution is 2.37. The van der Waals surface area contributed by atoms with Gasteiger partial charge in [-0.25, -0.2) is 0 Å². The predicted molar refractivity (Wildman–Crippen MR) is 127 cm³/mol. The van der Waals surface area contributed by atoms with Crippen LogP contribution in [0.4, 0.5) is 0 Å². The van der Waals surface area contributed by atoms with E-state index in [9.17, 15) is 20.0 Å². The van der Waals surface area contributed by atoms with Gasteiger partial charge in [-0.05, 0) is 49.1 Å². The molecule has 0 amide bonds. The maximum absolute atomic E-state index is 11.6. The molecule has 2 unspecified atom stereocenters. The Kier molecular flexibility index (Phi) is 7.35. The number of benzene rings is 3. The number of rotatable bonds is 10. The number of carbonyl (C=O) groups excluding carboxylic acids is 1. The van der Waals surface area contributed by atoms with Gasteiger partial charge in [0.05, 0.1) is 6.10 Å². The van der Waals surface area contributed by atoms with Gasteiger partial charge in [-0.15, -0.1) is 0 Å². The van der Waals surface area contributed by atoms with Crippen molar-refractivity contribution in [3.05, 3.63) is 88.5 Å². The summed E-state index contributed by atoms with van der Waals surface area (Å²) in [6.07, 6.45) is 2.26. The van der Waals surface area contributed by atoms with Crippen LogP contribution in [0, 0.1) is 22.0 Å². The van der Waals surface area contributed by atoms with Crippen molar-refractivity contribution in [2.45, 2.75) is 50.4 Å². The maximum atomic E-state index is 11.6. The van der Waals surface area contributed by atoms with E-state index in [0.717, 1.165) is 35.6 Å². The molecule has 1 fully saturated rings. The number of aldehydes is 1. The molecule has 1 N–H and O–H groups in total. The van der Waals surface area contributed by atoms with Crippen LogP contribution in [-0.2, 0) is 11.2 Å². The van der Waals surface area contributed by atoms with Crippen LogP contribution in [0.15, 0.2) is 72.8 Å². The van der Waals surface area contributed by atoms with Gasteiger partial charge in [0, 0.05) is 22.1 Å². The number of hydrogen-bond donors (Lipinski definition) is 1. The zero-order valence-corrected chi connectivity index (χ0v) is 18.5. The van der Waals surface area contributed by atoms with E-state index in [2.05, 4.69) is 12.1 Å². The molecule has 0 saturated heterocycles. The van der Waals surface area contributed by atoms with Gasteiger partial charge in [-0.1, -0.05) is 66.7 Å². The molecule has 1 aliphatic carbocycles. The highest BCUT2D eigenvalue weighted by Gasteiger charge is 2.49. The molecule has 3 aromatic rings. The average Bonchev–Trinajstić information content (AvgIpc) is 3.17. The third-order valence-corrected chi connectivity index (χ3v) is 6.78. The molecule has 0 aliphatic heterocycles. The lowest BCUT2D eigenvalue weighted by Crippen LogP contribution is -2.35. The van der Waals surface area contributed by atoms with Crippen LogP contribution in [0.3, 0.4) is 0 Å². The van der Waals surface area contributed by atoms with Crippen molar-refractivity contribution < 1.29 is 19.6 Å². The lowest BCUT2D eigenvalue weighted by Gasteiger charge is -2.23. The van der Waals surface area contributed by atoms with Gasteiger partial charge in [0.1, 0.15) is 18.1 Å². The van der Waals surface area contributed by atoms with Gasteiger partial charge < -0.3 is 14.6 Å². The van der Waals surface area contributed by atoms with Crippen molar-refractivity contribution in [3.8, 4) is 5.75 Å². The van der Waals surface area contributed by atoms with Gasteiger partial charge in [0.2, 0.25) is 6.04 Å². The van der Waals surface area contributed by atoms with E-state index in [4.69, 9.17) is 4.74 Å². The van der Waals surface area contributed by atoms with E-state index in [1.807, 2.05) is 60.7 Å². The summed E-state index contributed by atoms with van der Waals surface area (Å²) in [6.45, 7) is 0. The van der Waals surface area contributed by atoms with E-state index in [0.29, 0.717) is 12.8 Å². The van der Waals surface area contributed by atoms with Crippen LogP contribution in [-0.4, -0.2) is 34.6 Å². The maximum Gasteiger partial charge on any atom is 0.242 e. The standard InChI is InChI=1S/C27H29NO5/c29-18-21-17-25(30)27(28(31)32)24(21)16-15-22(14-13-19-7-2-1-3-8-19)33-26-12-6-10-20-9-4-5-11-23(20)26/h1-12,18,21-22,24-25,27,30H,13-17H2/t21-,22-,24+,25?,27?/m0/s1. The Morgan fingerprint density at radius 3 is 2.52 bits per heavy atom. The summed E-state index contributed by atoms with van der Waals surface area (Å²) < 4.78 is 6.48. The fourth-order valence-electron chi connectivity index (χ4n) is 5.06. The number of nitrogens with zero attached hydrogens (tertiary/aromatic N) is 1. The van der Waals surface area contributed by atoms with Crippen LogP contribution >= 0.6 is 0 Å². The highest BCUT2D eigenvalue weighted by atomic mass is 16.6. The molecule has 172 valence electrons. The smallest absolute Gasteiger partial charge is 0.242 e. The number of hydrogen-bond acceptors (Lipinski definition) is 5. The van der Waals surface area contributed by atoms with Gasteiger partial charge in [-0.2, -0.15) is 0 Å². The molecule has 0 aromatic heterocycles. The van der Waals surface area contributed by atoms with Gasteiger partial charge in [0.15, 0.2) is 0 Å². The second-order valence-electron chi connectivity index (χ2n) is 8.86. The molecule has 0 bridgehead atoms. The first-order valence-corrected chi connectivity index (χ1v) is 11.5. The number of carbonyl (C=O) groups is 1. The minimum absolute atomic E-state index is 0.151.